The van der Waals surface area contributed by atoms with Crippen LogP contribution in [0.1, 0.15) is 32.5 Å². The second-order valence-electron chi connectivity index (χ2n) is 4.45. The minimum Gasteiger partial charge on any atom is -0.444 e. The van der Waals surface area contributed by atoms with E-state index in [1.807, 2.05) is 0 Å². The van der Waals surface area contributed by atoms with Gasteiger partial charge in [-0.05, 0) is 26.8 Å². The fraction of sp³-hybridized carbons (Fsp3) is 0.600. The molecule has 0 aliphatic heterocycles. The first-order chi connectivity index (χ1) is 7.42. The number of nitrogens with two attached hydrogens (primary N) is 1. The molecular weight excluding hydrogens is 208 g/mol. The summed E-state index contributed by atoms with van der Waals surface area (Å²) < 4.78 is 5.13. The Bertz CT molecular complexity index is 329. The van der Waals surface area contributed by atoms with E-state index in [1.165, 1.54) is 0 Å². The first kappa shape index (κ1) is 12.5. The minimum absolute atomic E-state index is 0.279. The van der Waals surface area contributed by atoms with E-state index in [1.54, 1.807) is 33.0 Å². The van der Waals surface area contributed by atoms with Crippen LogP contribution in [0.15, 0.2) is 12.3 Å². The summed E-state index contributed by atoms with van der Waals surface area (Å²) in [5, 5.41) is 9.22. The summed E-state index contributed by atoms with van der Waals surface area (Å²) in [5.41, 5.74) is 5.80. The van der Waals surface area contributed by atoms with Gasteiger partial charge in [0.15, 0.2) is 0 Å². The van der Waals surface area contributed by atoms with Crippen LogP contribution in [0.5, 0.6) is 0 Å². The molecule has 1 heterocycles. The SMILES string of the molecule is CC(C)(C)OC(=O)NC(CN)c1ccn[nH]1. The average molecular weight is 226 g/mol. The lowest BCUT2D eigenvalue weighted by atomic mass is 10.2. The van der Waals surface area contributed by atoms with Crippen LogP contribution in [-0.4, -0.2) is 28.4 Å². The maximum Gasteiger partial charge on any atom is 0.408 e. The monoisotopic (exact) mass is 226 g/mol. The largest absolute Gasteiger partial charge is 0.444 e. The second-order valence-corrected chi connectivity index (χ2v) is 4.45. The number of hydrogen-bond donors (Lipinski definition) is 3. The Morgan fingerprint density at radius 1 is 1.69 bits per heavy atom. The van der Waals surface area contributed by atoms with Crippen molar-refractivity contribution < 1.29 is 9.53 Å². The molecule has 1 aromatic heterocycles. The molecule has 6 heteroatoms. The highest BCUT2D eigenvalue weighted by atomic mass is 16.6. The third-order valence-electron chi connectivity index (χ3n) is 1.82. The van der Waals surface area contributed by atoms with E-state index in [9.17, 15) is 4.79 Å². The summed E-state index contributed by atoms with van der Waals surface area (Å²) in [7, 11) is 0. The van der Waals surface area contributed by atoms with Gasteiger partial charge in [-0.1, -0.05) is 0 Å². The number of nitrogens with one attached hydrogen (secondary N) is 2. The number of aromatic amines is 1. The maximum absolute atomic E-state index is 11.5. The van der Waals surface area contributed by atoms with Crippen molar-refractivity contribution in [3.05, 3.63) is 18.0 Å². The van der Waals surface area contributed by atoms with Gasteiger partial charge in [-0.25, -0.2) is 4.79 Å². The van der Waals surface area contributed by atoms with Gasteiger partial charge >= 0.3 is 6.09 Å². The molecule has 0 radical (unpaired) electrons. The molecule has 1 unspecified atom stereocenters. The maximum atomic E-state index is 11.5. The number of aromatic nitrogens is 2. The zero-order valence-electron chi connectivity index (χ0n) is 9.78. The summed E-state index contributed by atoms with van der Waals surface area (Å²) in [6, 6.07) is 1.45. The number of ether oxygens (including phenoxy) is 1. The van der Waals surface area contributed by atoms with Crippen molar-refractivity contribution in [1.82, 2.24) is 15.5 Å². The molecule has 0 bridgehead atoms. The molecule has 0 saturated heterocycles. The molecule has 90 valence electrons. The molecule has 0 aliphatic carbocycles. The lowest BCUT2D eigenvalue weighted by Gasteiger charge is -2.22. The average Bonchev–Trinajstić information content (AvgIpc) is 2.63. The third-order valence-corrected chi connectivity index (χ3v) is 1.82. The number of amides is 1. The van der Waals surface area contributed by atoms with Crippen LogP contribution < -0.4 is 11.1 Å². The quantitative estimate of drug-likeness (QED) is 0.715. The summed E-state index contributed by atoms with van der Waals surface area (Å²) in [6.45, 7) is 5.70. The van der Waals surface area contributed by atoms with Crippen molar-refractivity contribution in [2.24, 2.45) is 5.73 Å². The summed E-state index contributed by atoms with van der Waals surface area (Å²) >= 11 is 0. The van der Waals surface area contributed by atoms with Gasteiger partial charge in [-0.15, -0.1) is 0 Å². The number of carbonyl (C=O) groups is 1. The van der Waals surface area contributed by atoms with Gasteiger partial charge in [0.1, 0.15) is 5.60 Å². The van der Waals surface area contributed by atoms with Crippen LogP contribution in [0.3, 0.4) is 0 Å². The molecule has 0 aromatic carbocycles. The first-order valence-corrected chi connectivity index (χ1v) is 5.11. The van der Waals surface area contributed by atoms with E-state index in [2.05, 4.69) is 15.5 Å². The predicted molar refractivity (Wildman–Crippen MR) is 59.8 cm³/mol. The highest BCUT2D eigenvalue weighted by Crippen LogP contribution is 2.10. The van der Waals surface area contributed by atoms with Crippen LogP contribution in [0.2, 0.25) is 0 Å². The Morgan fingerprint density at radius 3 is 2.81 bits per heavy atom. The Labute approximate surface area is 94.5 Å². The number of rotatable bonds is 3. The minimum atomic E-state index is -0.517. The highest BCUT2D eigenvalue weighted by Gasteiger charge is 2.20. The summed E-state index contributed by atoms with van der Waals surface area (Å²) in [5.74, 6) is 0. The van der Waals surface area contributed by atoms with Crippen molar-refractivity contribution in [1.29, 1.82) is 0 Å². The fourth-order valence-corrected chi connectivity index (χ4v) is 1.17. The fourth-order valence-electron chi connectivity index (χ4n) is 1.17. The van der Waals surface area contributed by atoms with E-state index < -0.39 is 11.7 Å². The molecule has 4 N–H and O–H groups in total. The molecule has 1 rings (SSSR count). The molecule has 1 atom stereocenters. The number of H-pyrrole nitrogens is 1. The Balaban J connectivity index is 2.55. The van der Waals surface area contributed by atoms with E-state index in [-0.39, 0.29) is 12.6 Å². The first-order valence-electron chi connectivity index (χ1n) is 5.11. The lowest BCUT2D eigenvalue weighted by Crippen LogP contribution is -2.37. The molecular formula is C10H18N4O2. The van der Waals surface area contributed by atoms with E-state index in [0.717, 1.165) is 5.69 Å². The van der Waals surface area contributed by atoms with Gasteiger partial charge in [-0.3, -0.25) is 5.10 Å². The molecule has 16 heavy (non-hydrogen) atoms. The van der Waals surface area contributed by atoms with Gasteiger partial charge in [0, 0.05) is 12.7 Å². The van der Waals surface area contributed by atoms with Crippen molar-refractivity contribution >= 4 is 6.09 Å². The van der Waals surface area contributed by atoms with Gasteiger partial charge in [-0.2, -0.15) is 5.10 Å². The van der Waals surface area contributed by atoms with Gasteiger partial charge < -0.3 is 15.8 Å². The Kier molecular flexibility index (Phi) is 3.89. The second kappa shape index (κ2) is 4.98. The summed E-state index contributed by atoms with van der Waals surface area (Å²) in [4.78, 5) is 11.5. The van der Waals surface area contributed by atoms with E-state index in [0.29, 0.717) is 0 Å². The smallest absolute Gasteiger partial charge is 0.408 e. The van der Waals surface area contributed by atoms with Crippen LogP contribution in [0.25, 0.3) is 0 Å². The molecule has 1 aromatic rings. The van der Waals surface area contributed by atoms with Gasteiger partial charge in [0.25, 0.3) is 0 Å². The zero-order chi connectivity index (χ0) is 12.2. The van der Waals surface area contributed by atoms with Gasteiger partial charge in [0.05, 0.1) is 11.7 Å². The third kappa shape index (κ3) is 3.90. The number of hydrogen-bond acceptors (Lipinski definition) is 4. The predicted octanol–water partition coefficient (Wildman–Crippen LogP) is 0.934. The zero-order valence-corrected chi connectivity index (χ0v) is 9.78. The number of alkyl carbamates (subject to hydrolysis) is 1. The van der Waals surface area contributed by atoms with Crippen molar-refractivity contribution in [2.45, 2.75) is 32.4 Å². The van der Waals surface area contributed by atoms with Crippen LogP contribution >= 0.6 is 0 Å². The van der Waals surface area contributed by atoms with E-state index >= 15 is 0 Å². The molecule has 0 saturated carbocycles. The normalized spacial score (nSPS) is 13.2. The Morgan fingerprint density at radius 2 is 2.38 bits per heavy atom. The molecule has 0 spiro atoms. The standard InChI is InChI=1S/C10H18N4O2/c1-10(2,3)16-9(15)13-8(6-11)7-4-5-12-14-7/h4-5,8H,6,11H2,1-3H3,(H,12,14)(H,13,15). The van der Waals surface area contributed by atoms with Crippen LogP contribution in [0, 0.1) is 0 Å². The van der Waals surface area contributed by atoms with Crippen LogP contribution in [-0.2, 0) is 4.74 Å². The number of carbonyl (C=O) groups excluding carboxylic acids is 1. The molecule has 0 aliphatic rings. The van der Waals surface area contributed by atoms with Crippen LogP contribution in [0.4, 0.5) is 4.79 Å². The van der Waals surface area contributed by atoms with Crippen molar-refractivity contribution in [3.63, 3.8) is 0 Å². The highest BCUT2D eigenvalue weighted by molar-refractivity contribution is 5.68. The Hall–Kier alpha value is -1.56. The van der Waals surface area contributed by atoms with Crippen molar-refractivity contribution in [3.8, 4) is 0 Å². The lowest BCUT2D eigenvalue weighted by molar-refractivity contribution is 0.0504. The van der Waals surface area contributed by atoms with E-state index in [4.69, 9.17) is 10.5 Å². The number of nitrogens with zero attached hydrogens (tertiary/aromatic N) is 1. The molecule has 1 amide bonds. The van der Waals surface area contributed by atoms with Crippen molar-refractivity contribution in [2.75, 3.05) is 6.54 Å². The topological polar surface area (TPSA) is 93.0 Å². The molecule has 6 nitrogen and oxygen atoms in total. The molecule has 0 fully saturated rings. The van der Waals surface area contributed by atoms with Gasteiger partial charge in [0.2, 0.25) is 0 Å². The summed E-state index contributed by atoms with van der Waals surface area (Å²) in [6.07, 6.45) is 1.12.